The number of benzene rings is 1. The van der Waals surface area contributed by atoms with Crippen molar-refractivity contribution in [3.63, 3.8) is 0 Å². The summed E-state index contributed by atoms with van der Waals surface area (Å²) < 4.78 is 0. The van der Waals surface area contributed by atoms with Crippen LogP contribution in [0.4, 0.5) is 11.5 Å². The number of nitrogens with one attached hydrogen (secondary N) is 1. The third kappa shape index (κ3) is 3.05. The first-order valence-electron chi connectivity index (χ1n) is 6.10. The van der Waals surface area contributed by atoms with Crippen molar-refractivity contribution in [3.8, 4) is 0 Å². The van der Waals surface area contributed by atoms with Gasteiger partial charge >= 0.3 is 5.69 Å². The van der Waals surface area contributed by atoms with Crippen LogP contribution in [0.3, 0.4) is 0 Å². The van der Waals surface area contributed by atoms with Crippen LogP contribution in [0.25, 0.3) is 0 Å². The van der Waals surface area contributed by atoms with Gasteiger partial charge in [-0.05, 0) is 25.5 Å². The maximum absolute atomic E-state index is 11.3. The van der Waals surface area contributed by atoms with Gasteiger partial charge in [-0.1, -0.05) is 30.0 Å². The average molecular weight is 290 g/mol. The second-order valence-corrected chi connectivity index (χ2v) is 5.06. The van der Waals surface area contributed by atoms with E-state index in [0.29, 0.717) is 11.6 Å². The van der Waals surface area contributed by atoms with E-state index >= 15 is 0 Å². The zero-order valence-corrected chi connectivity index (χ0v) is 12.0. The summed E-state index contributed by atoms with van der Waals surface area (Å²) in [6.45, 7) is 4.38. The van der Waals surface area contributed by atoms with Gasteiger partial charge in [0.1, 0.15) is 6.33 Å². The minimum absolute atomic E-state index is 0.0809. The van der Waals surface area contributed by atoms with E-state index in [2.05, 4.69) is 15.3 Å². The molecule has 20 heavy (non-hydrogen) atoms. The predicted octanol–water partition coefficient (Wildman–Crippen LogP) is 3.28. The van der Waals surface area contributed by atoms with Crippen LogP contribution in [0.2, 0.25) is 0 Å². The highest BCUT2D eigenvalue weighted by Crippen LogP contribution is 2.37. The van der Waals surface area contributed by atoms with Crippen LogP contribution in [0.5, 0.6) is 0 Å². The lowest BCUT2D eigenvalue weighted by Gasteiger charge is -2.08. The van der Waals surface area contributed by atoms with Crippen molar-refractivity contribution >= 4 is 23.3 Å². The first kappa shape index (κ1) is 14.3. The lowest BCUT2D eigenvalue weighted by molar-refractivity contribution is -0.387. The Bertz CT molecular complexity index is 634. The molecule has 0 fully saturated rings. The van der Waals surface area contributed by atoms with E-state index in [-0.39, 0.29) is 11.5 Å². The van der Waals surface area contributed by atoms with Crippen LogP contribution in [-0.4, -0.2) is 21.4 Å². The van der Waals surface area contributed by atoms with E-state index in [0.717, 1.165) is 10.5 Å². The normalized spacial score (nSPS) is 10.3. The quantitative estimate of drug-likeness (QED) is 0.517. The molecule has 0 unspecified atom stereocenters. The summed E-state index contributed by atoms with van der Waals surface area (Å²) in [6, 6.07) is 7.70. The van der Waals surface area contributed by atoms with E-state index < -0.39 is 4.92 Å². The smallest absolute Gasteiger partial charge is 0.343 e. The van der Waals surface area contributed by atoms with E-state index in [1.807, 2.05) is 38.1 Å². The van der Waals surface area contributed by atoms with Crippen molar-refractivity contribution in [2.24, 2.45) is 0 Å². The molecule has 7 heteroatoms. The number of aromatic nitrogens is 2. The Balaban J connectivity index is 2.44. The number of hydrogen-bond acceptors (Lipinski definition) is 6. The number of rotatable bonds is 5. The van der Waals surface area contributed by atoms with Crippen LogP contribution in [0.15, 0.2) is 40.5 Å². The monoisotopic (exact) mass is 290 g/mol. The largest absolute Gasteiger partial charge is 0.364 e. The van der Waals surface area contributed by atoms with Gasteiger partial charge in [-0.2, -0.15) is 0 Å². The predicted molar refractivity (Wildman–Crippen MR) is 78.2 cm³/mol. The molecular formula is C13H14N4O2S. The van der Waals surface area contributed by atoms with Crippen LogP contribution >= 0.6 is 11.8 Å². The third-order valence-electron chi connectivity index (χ3n) is 2.62. The summed E-state index contributed by atoms with van der Waals surface area (Å²) in [4.78, 5) is 19.7. The number of hydrogen-bond donors (Lipinski definition) is 1. The molecule has 0 atom stereocenters. The maximum Gasteiger partial charge on any atom is 0.343 e. The number of nitro groups is 1. The molecule has 1 heterocycles. The van der Waals surface area contributed by atoms with Gasteiger partial charge in [0, 0.05) is 11.4 Å². The van der Waals surface area contributed by atoms with Gasteiger partial charge in [-0.25, -0.2) is 9.97 Å². The Morgan fingerprint density at radius 3 is 2.75 bits per heavy atom. The van der Waals surface area contributed by atoms with E-state index in [9.17, 15) is 10.1 Å². The summed E-state index contributed by atoms with van der Waals surface area (Å²) in [5.74, 6) is 0.253. The molecule has 0 spiro atoms. The van der Waals surface area contributed by atoms with Gasteiger partial charge in [-0.3, -0.25) is 10.1 Å². The molecule has 2 rings (SSSR count). The first-order chi connectivity index (χ1) is 9.63. The Morgan fingerprint density at radius 1 is 1.35 bits per heavy atom. The van der Waals surface area contributed by atoms with E-state index in [1.165, 1.54) is 18.1 Å². The van der Waals surface area contributed by atoms with Gasteiger partial charge in [0.15, 0.2) is 5.03 Å². The number of nitrogens with zero attached hydrogens (tertiary/aromatic N) is 3. The molecular weight excluding hydrogens is 276 g/mol. The summed E-state index contributed by atoms with van der Waals surface area (Å²) in [7, 11) is 0. The van der Waals surface area contributed by atoms with Crippen molar-refractivity contribution in [2.75, 3.05) is 11.9 Å². The first-order valence-corrected chi connectivity index (χ1v) is 6.92. The molecule has 0 bridgehead atoms. The molecule has 104 valence electrons. The Hall–Kier alpha value is -2.15. The average Bonchev–Trinajstić information content (AvgIpc) is 2.41. The van der Waals surface area contributed by atoms with Crippen molar-refractivity contribution in [1.29, 1.82) is 0 Å². The molecule has 0 aliphatic heterocycles. The Labute approximate surface area is 120 Å². The molecule has 0 aliphatic rings. The maximum atomic E-state index is 11.3. The summed E-state index contributed by atoms with van der Waals surface area (Å²) in [5.41, 5.74) is 0.970. The lowest BCUT2D eigenvalue weighted by atomic mass is 10.2. The van der Waals surface area contributed by atoms with Crippen LogP contribution in [0.1, 0.15) is 12.5 Å². The SMILES string of the molecule is CCNc1ncnc(Sc2ccccc2C)c1[N+](=O)[O-]. The molecule has 1 aromatic carbocycles. The molecule has 0 amide bonds. The lowest BCUT2D eigenvalue weighted by Crippen LogP contribution is -2.05. The zero-order chi connectivity index (χ0) is 14.5. The summed E-state index contributed by atoms with van der Waals surface area (Å²) in [5, 5.41) is 14.5. The van der Waals surface area contributed by atoms with Crippen LogP contribution in [0, 0.1) is 17.0 Å². The highest BCUT2D eigenvalue weighted by atomic mass is 32.2. The van der Waals surface area contributed by atoms with Gasteiger partial charge in [0.25, 0.3) is 0 Å². The van der Waals surface area contributed by atoms with Crippen molar-refractivity contribution in [3.05, 3.63) is 46.3 Å². The Morgan fingerprint density at radius 2 is 2.10 bits per heavy atom. The van der Waals surface area contributed by atoms with Crippen LogP contribution in [-0.2, 0) is 0 Å². The molecule has 6 nitrogen and oxygen atoms in total. The molecule has 1 N–H and O–H groups in total. The molecule has 0 radical (unpaired) electrons. The molecule has 0 saturated heterocycles. The van der Waals surface area contributed by atoms with Crippen LogP contribution < -0.4 is 5.32 Å². The minimum Gasteiger partial charge on any atom is -0.364 e. The Kier molecular flexibility index (Phi) is 4.52. The van der Waals surface area contributed by atoms with Crippen molar-refractivity contribution in [2.45, 2.75) is 23.8 Å². The van der Waals surface area contributed by atoms with Gasteiger partial charge in [-0.15, -0.1) is 0 Å². The molecule has 2 aromatic rings. The highest BCUT2D eigenvalue weighted by molar-refractivity contribution is 7.99. The molecule has 0 aliphatic carbocycles. The third-order valence-corrected chi connectivity index (χ3v) is 3.79. The van der Waals surface area contributed by atoms with Gasteiger partial charge < -0.3 is 5.32 Å². The highest BCUT2D eigenvalue weighted by Gasteiger charge is 2.23. The van der Waals surface area contributed by atoms with Gasteiger partial charge in [0.05, 0.1) is 4.92 Å². The fraction of sp³-hybridized carbons (Fsp3) is 0.231. The van der Waals surface area contributed by atoms with Crippen molar-refractivity contribution < 1.29 is 4.92 Å². The number of anilines is 1. The second kappa shape index (κ2) is 6.33. The van der Waals surface area contributed by atoms with Crippen molar-refractivity contribution in [1.82, 2.24) is 9.97 Å². The minimum atomic E-state index is -0.446. The fourth-order valence-corrected chi connectivity index (χ4v) is 2.63. The molecule has 1 aromatic heterocycles. The fourth-order valence-electron chi connectivity index (χ4n) is 1.67. The standard InChI is InChI=1S/C13H14N4O2S/c1-3-14-12-11(17(18)19)13(16-8-15-12)20-10-7-5-4-6-9(10)2/h4-8H,3H2,1-2H3,(H,14,15,16). The summed E-state index contributed by atoms with van der Waals surface area (Å²) >= 11 is 1.28. The number of aryl methyl sites for hydroxylation is 1. The van der Waals surface area contributed by atoms with E-state index in [1.54, 1.807) is 0 Å². The topological polar surface area (TPSA) is 81.0 Å². The summed E-state index contributed by atoms with van der Waals surface area (Å²) in [6.07, 6.45) is 1.34. The molecule has 0 saturated carbocycles. The van der Waals surface area contributed by atoms with Gasteiger partial charge in [0.2, 0.25) is 5.82 Å². The zero-order valence-electron chi connectivity index (χ0n) is 11.2. The van der Waals surface area contributed by atoms with E-state index in [4.69, 9.17) is 0 Å². The second-order valence-electron chi connectivity index (χ2n) is 4.03.